The van der Waals surface area contributed by atoms with E-state index in [4.69, 9.17) is 5.73 Å². The van der Waals surface area contributed by atoms with E-state index in [-0.39, 0.29) is 12.1 Å². The average molecular weight is 293 g/mol. The lowest BCUT2D eigenvalue weighted by Gasteiger charge is -2.36. The molecule has 2 atom stereocenters. The van der Waals surface area contributed by atoms with E-state index >= 15 is 0 Å². The molecule has 0 aromatic carbocycles. The van der Waals surface area contributed by atoms with Gasteiger partial charge in [-0.2, -0.15) is 5.10 Å². The molecule has 0 saturated carbocycles. The van der Waals surface area contributed by atoms with E-state index in [1.807, 2.05) is 17.9 Å². The predicted octanol–water partition coefficient (Wildman–Crippen LogP) is 1.47. The highest BCUT2D eigenvalue weighted by molar-refractivity contribution is 5.13. The highest BCUT2D eigenvalue weighted by Gasteiger charge is 2.27. The highest BCUT2D eigenvalue weighted by atomic mass is 15.3. The monoisotopic (exact) mass is 293 g/mol. The third-order valence-corrected chi connectivity index (χ3v) is 4.80. The Kier molecular flexibility index (Phi) is 5.79. The number of hydrogen-bond acceptors (Lipinski definition) is 4. The Morgan fingerprint density at radius 3 is 2.57 bits per heavy atom. The number of aryl methyl sites for hydroxylation is 1. The summed E-state index contributed by atoms with van der Waals surface area (Å²) in [5.41, 5.74) is 7.64. The second-order valence-electron chi connectivity index (χ2n) is 6.65. The molecular formula is C16H31N5. The maximum absolute atomic E-state index is 6.40. The SMILES string of the molecule is CCC(N)C(c1cnn(C)c1)N(C)CC1CCN(C)CC1. The van der Waals surface area contributed by atoms with Gasteiger partial charge in [-0.15, -0.1) is 0 Å². The number of likely N-dealkylation sites (N-methyl/N-ethyl adjacent to an activating group) is 1. The van der Waals surface area contributed by atoms with Crippen LogP contribution in [0, 0.1) is 5.92 Å². The van der Waals surface area contributed by atoms with Crippen molar-refractivity contribution in [3.63, 3.8) is 0 Å². The van der Waals surface area contributed by atoms with Gasteiger partial charge in [0.25, 0.3) is 0 Å². The van der Waals surface area contributed by atoms with Gasteiger partial charge in [0.05, 0.1) is 12.2 Å². The average Bonchev–Trinajstić information content (AvgIpc) is 2.87. The maximum Gasteiger partial charge on any atom is 0.0538 e. The molecule has 1 aliphatic rings. The molecule has 0 bridgehead atoms. The molecule has 0 aliphatic carbocycles. The Morgan fingerprint density at radius 2 is 2.05 bits per heavy atom. The quantitative estimate of drug-likeness (QED) is 0.863. The van der Waals surface area contributed by atoms with E-state index in [1.54, 1.807) is 0 Å². The molecule has 120 valence electrons. The van der Waals surface area contributed by atoms with Crippen LogP contribution in [-0.2, 0) is 7.05 Å². The van der Waals surface area contributed by atoms with Gasteiger partial charge in [0.15, 0.2) is 0 Å². The van der Waals surface area contributed by atoms with Gasteiger partial charge >= 0.3 is 0 Å². The van der Waals surface area contributed by atoms with Crippen molar-refractivity contribution in [2.24, 2.45) is 18.7 Å². The van der Waals surface area contributed by atoms with E-state index in [2.05, 4.69) is 42.1 Å². The Labute approximate surface area is 129 Å². The van der Waals surface area contributed by atoms with E-state index < -0.39 is 0 Å². The summed E-state index contributed by atoms with van der Waals surface area (Å²) in [6.07, 6.45) is 7.64. The van der Waals surface area contributed by atoms with E-state index in [0.717, 1.165) is 18.9 Å². The van der Waals surface area contributed by atoms with E-state index in [0.29, 0.717) is 0 Å². The van der Waals surface area contributed by atoms with E-state index in [9.17, 15) is 0 Å². The molecule has 2 unspecified atom stereocenters. The first-order valence-electron chi connectivity index (χ1n) is 8.14. The zero-order valence-electron chi connectivity index (χ0n) is 14.0. The maximum atomic E-state index is 6.40. The fourth-order valence-corrected chi connectivity index (χ4v) is 3.41. The number of rotatable bonds is 6. The van der Waals surface area contributed by atoms with Crippen molar-refractivity contribution >= 4 is 0 Å². The summed E-state index contributed by atoms with van der Waals surface area (Å²) in [6, 6.07) is 0.425. The van der Waals surface area contributed by atoms with Crippen LogP contribution < -0.4 is 5.73 Å². The summed E-state index contributed by atoms with van der Waals surface area (Å²) >= 11 is 0. The van der Waals surface area contributed by atoms with Crippen LogP contribution in [0.1, 0.15) is 37.8 Å². The van der Waals surface area contributed by atoms with Crippen molar-refractivity contribution < 1.29 is 0 Å². The number of hydrogen-bond donors (Lipinski definition) is 1. The van der Waals surface area contributed by atoms with Crippen LogP contribution in [0.5, 0.6) is 0 Å². The standard InChI is InChI=1S/C16H31N5/c1-5-15(17)16(14-10-18-21(4)12-14)20(3)11-13-6-8-19(2)9-7-13/h10,12-13,15-16H,5-9,11,17H2,1-4H3. The number of aromatic nitrogens is 2. The Hall–Kier alpha value is -0.910. The van der Waals surface area contributed by atoms with Crippen molar-refractivity contribution in [1.29, 1.82) is 0 Å². The van der Waals surface area contributed by atoms with Crippen LogP contribution >= 0.6 is 0 Å². The second kappa shape index (κ2) is 7.38. The minimum atomic E-state index is 0.158. The van der Waals surface area contributed by atoms with Gasteiger partial charge in [-0.05, 0) is 52.4 Å². The summed E-state index contributed by atoms with van der Waals surface area (Å²) in [5.74, 6) is 0.787. The smallest absolute Gasteiger partial charge is 0.0538 e. The highest BCUT2D eigenvalue weighted by Crippen LogP contribution is 2.26. The minimum Gasteiger partial charge on any atom is -0.326 e. The van der Waals surface area contributed by atoms with Gasteiger partial charge < -0.3 is 10.6 Å². The molecular weight excluding hydrogens is 262 g/mol. The number of nitrogens with zero attached hydrogens (tertiary/aromatic N) is 4. The molecule has 0 amide bonds. The van der Waals surface area contributed by atoms with Gasteiger partial charge in [-0.1, -0.05) is 6.92 Å². The molecule has 1 aromatic rings. The van der Waals surface area contributed by atoms with Crippen molar-refractivity contribution in [2.75, 3.05) is 33.7 Å². The fourth-order valence-electron chi connectivity index (χ4n) is 3.41. The normalized spacial score (nSPS) is 20.9. The third-order valence-electron chi connectivity index (χ3n) is 4.80. The van der Waals surface area contributed by atoms with Crippen LogP contribution in [-0.4, -0.2) is 59.4 Å². The molecule has 21 heavy (non-hydrogen) atoms. The van der Waals surface area contributed by atoms with Crippen LogP contribution in [0.2, 0.25) is 0 Å². The summed E-state index contributed by atoms with van der Waals surface area (Å²) in [5, 5.41) is 4.32. The lowest BCUT2D eigenvalue weighted by molar-refractivity contribution is 0.136. The van der Waals surface area contributed by atoms with Crippen LogP contribution in [0.4, 0.5) is 0 Å². The van der Waals surface area contributed by atoms with Crippen LogP contribution in [0.25, 0.3) is 0 Å². The molecule has 0 spiro atoms. The summed E-state index contributed by atoms with van der Waals surface area (Å²) in [7, 11) is 6.39. The first kappa shape index (κ1) is 16.5. The number of likely N-dealkylation sites (tertiary alicyclic amines) is 1. The zero-order chi connectivity index (χ0) is 15.4. The Morgan fingerprint density at radius 1 is 1.38 bits per heavy atom. The molecule has 1 aliphatic heterocycles. The lowest BCUT2D eigenvalue weighted by atomic mass is 9.93. The largest absolute Gasteiger partial charge is 0.326 e. The molecule has 2 N–H and O–H groups in total. The Bertz CT molecular complexity index is 422. The van der Waals surface area contributed by atoms with Gasteiger partial charge in [0.2, 0.25) is 0 Å². The molecule has 1 saturated heterocycles. The first-order valence-corrected chi connectivity index (χ1v) is 8.14. The topological polar surface area (TPSA) is 50.3 Å². The molecule has 0 radical (unpaired) electrons. The van der Waals surface area contributed by atoms with Crippen molar-refractivity contribution in [3.8, 4) is 0 Å². The summed E-state index contributed by atoms with van der Waals surface area (Å²) < 4.78 is 1.87. The summed E-state index contributed by atoms with van der Waals surface area (Å²) in [6.45, 7) is 5.73. The fraction of sp³-hybridized carbons (Fsp3) is 0.812. The van der Waals surface area contributed by atoms with Gasteiger partial charge in [0, 0.05) is 31.4 Å². The first-order chi connectivity index (χ1) is 10.0. The van der Waals surface area contributed by atoms with Crippen LogP contribution in [0.3, 0.4) is 0 Å². The molecule has 5 nitrogen and oxygen atoms in total. The number of nitrogens with two attached hydrogens (primary N) is 1. The van der Waals surface area contributed by atoms with Crippen molar-refractivity contribution in [3.05, 3.63) is 18.0 Å². The minimum absolute atomic E-state index is 0.158. The second-order valence-corrected chi connectivity index (χ2v) is 6.65. The molecule has 5 heteroatoms. The van der Waals surface area contributed by atoms with Gasteiger partial charge in [0.1, 0.15) is 0 Å². The van der Waals surface area contributed by atoms with Crippen molar-refractivity contribution in [1.82, 2.24) is 19.6 Å². The van der Waals surface area contributed by atoms with E-state index in [1.165, 1.54) is 31.5 Å². The van der Waals surface area contributed by atoms with Gasteiger partial charge in [-0.25, -0.2) is 0 Å². The zero-order valence-corrected chi connectivity index (χ0v) is 14.0. The lowest BCUT2D eigenvalue weighted by Crippen LogP contribution is -2.42. The molecule has 2 rings (SSSR count). The van der Waals surface area contributed by atoms with Crippen molar-refractivity contribution in [2.45, 2.75) is 38.3 Å². The summed E-state index contributed by atoms with van der Waals surface area (Å²) in [4.78, 5) is 4.87. The predicted molar refractivity (Wildman–Crippen MR) is 87.1 cm³/mol. The molecule has 1 fully saturated rings. The van der Waals surface area contributed by atoms with Gasteiger partial charge in [-0.3, -0.25) is 9.58 Å². The van der Waals surface area contributed by atoms with Crippen LogP contribution in [0.15, 0.2) is 12.4 Å². The Balaban J connectivity index is 2.02. The molecule has 1 aromatic heterocycles. The molecule has 2 heterocycles. The third kappa shape index (κ3) is 4.28. The number of piperidine rings is 1.